The first-order chi connectivity index (χ1) is 28.8. The van der Waals surface area contributed by atoms with Crippen LogP contribution >= 0.6 is 11.3 Å². The highest BCUT2D eigenvalue weighted by molar-refractivity contribution is 7.27. The summed E-state index contributed by atoms with van der Waals surface area (Å²) in [6.07, 6.45) is 0. The van der Waals surface area contributed by atoms with Gasteiger partial charge in [-0.05, 0) is 99.1 Å². The molecule has 0 unspecified atom stereocenters. The Bertz CT molecular complexity index is 3360. The second-order valence-corrected chi connectivity index (χ2v) is 16.6. The molecule has 58 heavy (non-hydrogen) atoms. The zero-order valence-electron chi connectivity index (χ0n) is 31.4. The molecule has 2 nitrogen and oxygen atoms in total. The maximum atomic E-state index is 2.57. The average Bonchev–Trinajstić information content (AvgIpc) is 3.94. The van der Waals surface area contributed by atoms with Gasteiger partial charge in [0, 0.05) is 48.0 Å². The number of nitrogens with zero attached hydrogens (tertiary/aromatic N) is 2. The number of anilines is 3. The molecule has 11 aromatic rings. The van der Waals surface area contributed by atoms with Gasteiger partial charge in [0.15, 0.2) is 0 Å². The van der Waals surface area contributed by atoms with Crippen LogP contribution < -0.4 is 4.90 Å². The largest absolute Gasteiger partial charge is 0.311 e. The summed E-state index contributed by atoms with van der Waals surface area (Å²) in [7, 11) is 0. The minimum atomic E-state index is -0.467. The molecule has 13 rings (SSSR count). The van der Waals surface area contributed by atoms with Crippen molar-refractivity contribution in [3.05, 3.63) is 229 Å². The van der Waals surface area contributed by atoms with Crippen molar-refractivity contribution in [1.29, 1.82) is 0 Å². The molecule has 2 aromatic heterocycles. The molecule has 0 N–H and O–H groups in total. The Hall–Kier alpha value is -7.20. The van der Waals surface area contributed by atoms with Gasteiger partial charge in [0.05, 0.1) is 22.1 Å². The first-order valence-electron chi connectivity index (χ1n) is 20.0. The van der Waals surface area contributed by atoms with Crippen LogP contribution in [0.1, 0.15) is 22.3 Å². The Balaban J connectivity index is 1.09. The van der Waals surface area contributed by atoms with Gasteiger partial charge >= 0.3 is 0 Å². The fourth-order valence-electron chi connectivity index (χ4n) is 10.5. The molecule has 1 aliphatic carbocycles. The molecular weight excluding hydrogens is 721 g/mol. The zero-order chi connectivity index (χ0) is 38.0. The number of para-hydroxylation sites is 4. The number of rotatable bonds is 4. The molecule has 9 aromatic carbocycles. The number of hydrogen-bond donors (Lipinski definition) is 0. The van der Waals surface area contributed by atoms with Crippen LogP contribution in [0.3, 0.4) is 0 Å². The van der Waals surface area contributed by atoms with Crippen LogP contribution in [0.25, 0.3) is 69.9 Å². The van der Waals surface area contributed by atoms with Crippen LogP contribution in [0.4, 0.5) is 17.1 Å². The summed E-state index contributed by atoms with van der Waals surface area (Å²) in [5, 5.41) is 5.28. The Morgan fingerprint density at radius 3 is 1.66 bits per heavy atom. The molecular formula is C55H34N2S. The van der Waals surface area contributed by atoms with Crippen LogP contribution in [-0.2, 0) is 5.41 Å². The van der Waals surface area contributed by atoms with Crippen LogP contribution in [0.15, 0.2) is 206 Å². The van der Waals surface area contributed by atoms with Gasteiger partial charge in [-0.1, -0.05) is 152 Å². The van der Waals surface area contributed by atoms with E-state index in [2.05, 4.69) is 216 Å². The second-order valence-electron chi connectivity index (χ2n) is 15.6. The summed E-state index contributed by atoms with van der Waals surface area (Å²) in [5.41, 5.74) is 17.3. The van der Waals surface area contributed by atoms with Crippen LogP contribution in [-0.4, -0.2) is 4.57 Å². The molecule has 2 aliphatic rings. The lowest BCUT2D eigenvalue weighted by atomic mass is 9.65. The number of hydrogen-bond acceptors (Lipinski definition) is 2. The molecule has 0 atom stereocenters. The van der Waals surface area contributed by atoms with Crippen LogP contribution in [0, 0.1) is 0 Å². The lowest BCUT2D eigenvalue weighted by Gasteiger charge is -2.39. The lowest BCUT2D eigenvalue weighted by molar-refractivity contribution is 0.750. The Morgan fingerprint density at radius 2 is 0.948 bits per heavy atom. The fraction of sp³-hybridized carbons (Fsp3) is 0.0182. The monoisotopic (exact) mass is 754 g/mol. The second kappa shape index (κ2) is 11.9. The molecule has 0 saturated heterocycles. The topological polar surface area (TPSA) is 8.17 Å². The highest BCUT2D eigenvalue weighted by Crippen LogP contribution is 2.62. The van der Waals surface area contributed by atoms with E-state index < -0.39 is 5.41 Å². The quantitative estimate of drug-likeness (QED) is 0.174. The predicted molar refractivity (Wildman–Crippen MR) is 245 cm³/mol. The number of thiophene rings is 1. The van der Waals surface area contributed by atoms with Gasteiger partial charge in [-0.3, -0.25) is 0 Å². The van der Waals surface area contributed by atoms with Gasteiger partial charge in [-0.25, -0.2) is 0 Å². The van der Waals surface area contributed by atoms with Crippen molar-refractivity contribution in [1.82, 2.24) is 4.57 Å². The molecule has 0 saturated carbocycles. The van der Waals surface area contributed by atoms with E-state index in [1.165, 1.54) is 92.2 Å². The van der Waals surface area contributed by atoms with Crippen molar-refractivity contribution in [3.8, 4) is 27.9 Å². The molecule has 0 amide bonds. The Morgan fingerprint density at radius 1 is 0.397 bits per heavy atom. The van der Waals surface area contributed by atoms with E-state index in [0.29, 0.717) is 0 Å². The molecule has 3 heterocycles. The molecule has 0 fully saturated rings. The zero-order valence-corrected chi connectivity index (χ0v) is 32.2. The molecule has 1 aliphatic heterocycles. The fourth-order valence-corrected chi connectivity index (χ4v) is 11.9. The predicted octanol–water partition coefficient (Wildman–Crippen LogP) is 15.0. The first kappa shape index (κ1) is 31.9. The molecule has 3 heteroatoms. The van der Waals surface area contributed by atoms with Crippen molar-refractivity contribution in [2.45, 2.75) is 5.41 Å². The van der Waals surface area contributed by atoms with E-state index in [4.69, 9.17) is 0 Å². The van der Waals surface area contributed by atoms with Crippen molar-refractivity contribution in [2.24, 2.45) is 0 Å². The summed E-state index contributed by atoms with van der Waals surface area (Å²) in [4.78, 5) is 2.33. The highest BCUT2D eigenvalue weighted by atomic mass is 32.1. The van der Waals surface area contributed by atoms with E-state index in [-0.39, 0.29) is 0 Å². The normalized spacial score (nSPS) is 13.3. The van der Waals surface area contributed by atoms with Gasteiger partial charge in [0.25, 0.3) is 0 Å². The Kier molecular flexibility index (Phi) is 6.56. The lowest BCUT2D eigenvalue weighted by Crippen LogP contribution is -2.33. The third kappa shape index (κ3) is 4.11. The van der Waals surface area contributed by atoms with Gasteiger partial charge in [0.1, 0.15) is 0 Å². The standard InChI is InChI=1S/C55H34N2S/c1-3-16-36(17-4-1)56(37-18-5-2-6-19-37)38-32-30-35(31-33-38)39-23-15-24-42-44-34-48-52-51(54(44)58-53(39)42)43-22-9-13-28-49(43)57(52)50-29-14-12-27-47(50)55(48)45-25-10-7-20-40(45)41-21-8-11-26-46(41)55/h1-34H. The van der Waals surface area contributed by atoms with Gasteiger partial charge in [-0.15, -0.1) is 11.3 Å². The maximum Gasteiger partial charge on any atom is 0.0754 e. The van der Waals surface area contributed by atoms with Gasteiger partial charge in [0.2, 0.25) is 0 Å². The van der Waals surface area contributed by atoms with Gasteiger partial charge in [-0.2, -0.15) is 0 Å². The summed E-state index contributed by atoms with van der Waals surface area (Å²) in [6.45, 7) is 0. The van der Waals surface area contributed by atoms with Gasteiger partial charge < -0.3 is 9.47 Å². The smallest absolute Gasteiger partial charge is 0.0754 e. The summed E-state index contributed by atoms with van der Waals surface area (Å²) >= 11 is 1.95. The summed E-state index contributed by atoms with van der Waals surface area (Å²) < 4.78 is 5.24. The minimum absolute atomic E-state index is 0.467. The third-order valence-electron chi connectivity index (χ3n) is 12.8. The third-order valence-corrected chi connectivity index (χ3v) is 14.0. The van der Waals surface area contributed by atoms with Crippen molar-refractivity contribution in [2.75, 3.05) is 4.90 Å². The van der Waals surface area contributed by atoms with Crippen molar-refractivity contribution >= 4 is 70.4 Å². The van der Waals surface area contributed by atoms with E-state index in [1.54, 1.807) is 0 Å². The average molecular weight is 755 g/mol. The highest BCUT2D eigenvalue weighted by Gasteiger charge is 2.51. The molecule has 270 valence electrons. The SMILES string of the molecule is c1ccc(N(c2ccccc2)c2ccc(-c3cccc4c3sc3c4cc4c5c3c3ccccc3n5-c3ccccc3C43c4ccccc4-c4ccccc43)cc2)cc1. The molecule has 0 radical (unpaired) electrons. The number of fused-ring (bicyclic) bond motifs is 16. The molecule has 0 bridgehead atoms. The Labute approximate surface area is 340 Å². The van der Waals surface area contributed by atoms with Crippen molar-refractivity contribution < 1.29 is 0 Å². The summed E-state index contributed by atoms with van der Waals surface area (Å²) in [5.74, 6) is 0. The van der Waals surface area contributed by atoms with E-state index in [9.17, 15) is 0 Å². The number of aromatic nitrogens is 1. The number of benzene rings is 9. The van der Waals surface area contributed by atoms with E-state index >= 15 is 0 Å². The van der Waals surface area contributed by atoms with Crippen molar-refractivity contribution in [3.63, 3.8) is 0 Å². The van der Waals surface area contributed by atoms with Crippen LogP contribution in [0.2, 0.25) is 0 Å². The maximum absolute atomic E-state index is 2.57. The summed E-state index contributed by atoms with van der Waals surface area (Å²) in [6, 6.07) is 76.3. The minimum Gasteiger partial charge on any atom is -0.311 e. The van der Waals surface area contributed by atoms with E-state index in [0.717, 1.165) is 17.1 Å². The molecule has 1 spiro atoms. The first-order valence-corrected chi connectivity index (χ1v) is 20.8. The van der Waals surface area contributed by atoms with E-state index in [1.807, 2.05) is 11.3 Å². The van der Waals surface area contributed by atoms with Crippen LogP contribution in [0.5, 0.6) is 0 Å².